The molecule has 2 aliphatic rings. The van der Waals surface area contributed by atoms with Gasteiger partial charge in [0.05, 0.1) is 6.61 Å². The zero-order chi connectivity index (χ0) is 15.2. The standard InChI is InChI=1S/C18H26N2O2/c21-18(20-11-4-13-22-14-12-20)17-7-5-16(6-8-17)15-19-9-2-1-3-10-19/h5-8H,1-4,9-15H2. The molecular formula is C18H26N2O2. The zero-order valence-corrected chi connectivity index (χ0v) is 13.3. The molecule has 2 heterocycles. The fourth-order valence-electron chi connectivity index (χ4n) is 3.26. The van der Waals surface area contributed by atoms with E-state index in [0.29, 0.717) is 13.2 Å². The molecule has 0 aromatic heterocycles. The third-order valence-electron chi connectivity index (χ3n) is 4.57. The molecule has 0 atom stereocenters. The van der Waals surface area contributed by atoms with Gasteiger partial charge >= 0.3 is 0 Å². The van der Waals surface area contributed by atoms with E-state index in [1.54, 1.807) is 0 Å². The lowest BCUT2D eigenvalue weighted by atomic mass is 10.1. The van der Waals surface area contributed by atoms with Gasteiger partial charge in [-0.2, -0.15) is 0 Å². The van der Waals surface area contributed by atoms with E-state index in [1.165, 1.54) is 37.9 Å². The van der Waals surface area contributed by atoms with Gasteiger partial charge < -0.3 is 9.64 Å². The Labute approximate surface area is 133 Å². The molecule has 0 bridgehead atoms. The minimum Gasteiger partial charge on any atom is -0.380 e. The molecule has 2 fully saturated rings. The summed E-state index contributed by atoms with van der Waals surface area (Å²) in [5, 5.41) is 0. The van der Waals surface area contributed by atoms with Crippen molar-refractivity contribution < 1.29 is 9.53 Å². The van der Waals surface area contributed by atoms with Crippen LogP contribution in [0.3, 0.4) is 0 Å². The highest BCUT2D eigenvalue weighted by molar-refractivity contribution is 5.94. The SMILES string of the molecule is O=C(c1ccc(CN2CCCCC2)cc1)N1CCCOCC1. The Bertz CT molecular complexity index is 472. The van der Waals surface area contributed by atoms with E-state index < -0.39 is 0 Å². The molecule has 0 spiro atoms. The highest BCUT2D eigenvalue weighted by Crippen LogP contribution is 2.15. The van der Waals surface area contributed by atoms with Crippen molar-refractivity contribution in [2.75, 3.05) is 39.4 Å². The van der Waals surface area contributed by atoms with Crippen LogP contribution >= 0.6 is 0 Å². The minimum absolute atomic E-state index is 0.134. The molecule has 2 aliphatic heterocycles. The van der Waals surface area contributed by atoms with Crippen molar-refractivity contribution in [1.29, 1.82) is 0 Å². The van der Waals surface area contributed by atoms with E-state index in [2.05, 4.69) is 17.0 Å². The first-order valence-corrected chi connectivity index (χ1v) is 8.51. The molecule has 22 heavy (non-hydrogen) atoms. The van der Waals surface area contributed by atoms with Gasteiger partial charge in [0, 0.05) is 31.8 Å². The largest absolute Gasteiger partial charge is 0.380 e. The number of piperidine rings is 1. The zero-order valence-electron chi connectivity index (χ0n) is 13.3. The highest BCUT2D eigenvalue weighted by atomic mass is 16.5. The summed E-state index contributed by atoms with van der Waals surface area (Å²) >= 11 is 0. The van der Waals surface area contributed by atoms with Gasteiger partial charge in [0.1, 0.15) is 0 Å². The predicted molar refractivity (Wildman–Crippen MR) is 86.9 cm³/mol. The first-order valence-electron chi connectivity index (χ1n) is 8.51. The van der Waals surface area contributed by atoms with Gasteiger partial charge in [0.15, 0.2) is 0 Å². The Hall–Kier alpha value is -1.39. The molecule has 4 nitrogen and oxygen atoms in total. The molecule has 0 N–H and O–H groups in total. The monoisotopic (exact) mass is 302 g/mol. The van der Waals surface area contributed by atoms with Crippen molar-refractivity contribution in [2.24, 2.45) is 0 Å². The summed E-state index contributed by atoms with van der Waals surface area (Å²) in [6, 6.07) is 8.17. The van der Waals surface area contributed by atoms with E-state index >= 15 is 0 Å². The highest BCUT2D eigenvalue weighted by Gasteiger charge is 2.17. The van der Waals surface area contributed by atoms with E-state index in [1.807, 2.05) is 17.0 Å². The third-order valence-corrected chi connectivity index (χ3v) is 4.57. The smallest absolute Gasteiger partial charge is 0.253 e. The lowest BCUT2D eigenvalue weighted by molar-refractivity contribution is 0.0741. The molecule has 4 heteroatoms. The number of carbonyl (C=O) groups excluding carboxylic acids is 1. The molecule has 120 valence electrons. The van der Waals surface area contributed by atoms with Crippen LogP contribution in [0.1, 0.15) is 41.6 Å². The summed E-state index contributed by atoms with van der Waals surface area (Å²) in [5.41, 5.74) is 2.10. The maximum atomic E-state index is 12.5. The van der Waals surface area contributed by atoms with Gasteiger partial charge in [-0.15, -0.1) is 0 Å². The fraction of sp³-hybridized carbons (Fsp3) is 0.611. The molecule has 0 aliphatic carbocycles. The van der Waals surface area contributed by atoms with Crippen molar-refractivity contribution in [1.82, 2.24) is 9.80 Å². The number of likely N-dealkylation sites (tertiary alicyclic amines) is 1. The van der Waals surface area contributed by atoms with Crippen LogP contribution in [0.2, 0.25) is 0 Å². The van der Waals surface area contributed by atoms with Crippen molar-refractivity contribution in [3.63, 3.8) is 0 Å². The Morgan fingerprint density at radius 2 is 1.68 bits per heavy atom. The lowest BCUT2D eigenvalue weighted by Gasteiger charge is -2.26. The Kier molecular flexibility index (Phi) is 5.46. The van der Waals surface area contributed by atoms with Crippen LogP contribution in [0.4, 0.5) is 0 Å². The maximum absolute atomic E-state index is 12.5. The number of amides is 1. The summed E-state index contributed by atoms with van der Waals surface area (Å²) in [6.07, 6.45) is 4.92. The minimum atomic E-state index is 0.134. The predicted octanol–water partition coefficient (Wildman–Crippen LogP) is 2.54. The molecule has 0 radical (unpaired) electrons. The van der Waals surface area contributed by atoms with Crippen LogP contribution < -0.4 is 0 Å². The molecule has 1 amide bonds. The topological polar surface area (TPSA) is 32.8 Å². The summed E-state index contributed by atoms with van der Waals surface area (Å²) in [5.74, 6) is 0.134. The van der Waals surface area contributed by atoms with Gasteiger partial charge in [-0.3, -0.25) is 9.69 Å². The number of carbonyl (C=O) groups is 1. The number of hydrogen-bond donors (Lipinski definition) is 0. The summed E-state index contributed by atoms with van der Waals surface area (Å²) in [6.45, 7) is 6.33. The van der Waals surface area contributed by atoms with Crippen LogP contribution in [-0.2, 0) is 11.3 Å². The molecule has 3 rings (SSSR count). The third kappa shape index (κ3) is 4.08. The van der Waals surface area contributed by atoms with Crippen LogP contribution in [-0.4, -0.2) is 55.1 Å². The molecule has 1 aromatic carbocycles. The number of hydrogen-bond acceptors (Lipinski definition) is 3. The molecule has 0 saturated carbocycles. The molecular weight excluding hydrogens is 276 g/mol. The van der Waals surface area contributed by atoms with Crippen molar-refractivity contribution in [2.45, 2.75) is 32.2 Å². The molecule has 2 saturated heterocycles. The second kappa shape index (κ2) is 7.75. The number of nitrogens with zero attached hydrogens (tertiary/aromatic N) is 2. The van der Waals surface area contributed by atoms with E-state index in [4.69, 9.17) is 4.74 Å². The first-order chi connectivity index (χ1) is 10.8. The lowest BCUT2D eigenvalue weighted by Crippen LogP contribution is -2.33. The molecule has 1 aromatic rings. The van der Waals surface area contributed by atoms with E-state index in [9.17, 15) is 4.79 Å². The van der Waals surface area contributed by atoms with Crippen LogP contribution in [0.5, 0.6) is 0 Å². The first kappa shape index (κ1) is 15.5. The summed E-state index contributed by atoms with van der Waals surface area (Å²) in [7, 11) is 0. The average molecular weight is 302 g/mol. The normalized spacial score (nSPS) is 20.6. The van der Waals surface area contributed by atoms with E-state index in [0.717, 1.165) is 31.7 Å². The van der Waals surface area contributed by atoms with Gasteiger partial charge in [0.2, 0.25) is 0 Å². The summed E-state index contributed by atoms with van der Waals surface area (Å²) in [4.78, 5) is 16.9. The van der Waals surface area contributed by atoms with Crippen molar-refractivity contribution in [3.8, 4) is 0 Å². The Balaban J connectivity index is 1.59. The Morgan fingerprint density at radius 1 is 0.909 bits per heavy atom. The summed E-state index contributed by atoms with van der Waals surface area (Å²) < 4.78 is 5.42. The Morgan fingerprint density at radius 3 is 2.45 bits per heavy atom. The second-order valence-electron chi connectivity index (χ2n) is 6.29. The van der Waals surface area contributed by atoms with E-state index in [-0.39, 0.29) is 5.91 Å². The van der Waals surface area contributed by atoms with Gasteiger partial charge in [-0.25, -0.2) is 0 Å². The van der Waals surface area contributed by atoms with Crippen LogP contribution in [0.15, 0.2) is 24.3 Å². The number of benzene rings is 1. The fourth-order valence-corrected chi connectivity index (χ4v) is 3.26. The number of rotatable bonds is 3. The van der Waals surface area contributed by atoms with Crippen LogP contribution in [0, 0.1) is 0 Å². The van der Waals surface area contributed by atoms with Gasteiger partial charge in [-0.1, -0.05) is 18.6 Å². The number of ether oxygens (including phenoxy) is 1. The maximum Gasteiger partial charge on any atom is 0.253 e. The van der Waals surface area contributed by atoms with Gasteiger partial charge in [-0.05, 0) is 50.0 Å². The second-order valence-corrected chi connectivity index (χ2v) is 6.29. The quantitative estimate of drug-likeness (QED) is 0.860. The molecule has 0 unspecified atom stereocenters. The average Bonchev–Trinajstić information content (AvgIpc) is 2.85. The van der Waals surface area contributed by atoms with Crippen molar-refractivity contribution >= 4 is 5.91 Å². The van der Waals surface area contributed by atoms with Gasteiger partial charge in [0.25, 0.3) is 5.91 Å². The van der Waals surface area contributed by atoms with Crippen molar-refractivity contribution in [3.05, 3.63) is 35.4 Å². The van der Waals surface area contributed by atoms with Crippen LogP contribution in [0.25, 0.3) is 0 Å².